The number of imide groups is 1. The zero-order chi connectivity index (χ0) is 17.2. The average molecular weight is 326 g/mol. The van der Waals surface area contributed by atoms with E-state index in [9.17, 15) is 9.59 Å². The SMILES string of the molecule is O=C1c2cccc3cccc(c23)C(=O)N1/N=C\C=C\c1ccccc1. The number of carbonyl (C=O) groups is 2. The summed E-state index contributed by atoms with van der Waals surface area (Å²) in [5, 5.41) is 6.57. The lowest BCUT2D eigenvalue weighted by atomic mass is 9.95. The Morgan fingerprint density at radius 1 is 0.760 bits per heavy atom. The molecule has 1 aliphatic heterocycles. The molecule has 0 spiro atoms. The van der Waals surface area contributed by atoms with Crippen LogP contribution in [-0.2, 0) is 0 Å². The van der Waals surface area contributed by atoms with Gasteiger partial charge in [0.1, 0.15) is 0 Å². The standard InChI is InChI=1S/C21H14N2O2/c24-20-17-12-4-10-16-11-5-13-18(19(16)17)21(25)23(20)22-14-6-9-15-7-2-1-3-8-15/h1-14H/b9-6+,22-14-. The second-order valence-corrected chi connectivity index (χ2v) is 5.67. The van der Waals surface area contributed by atoms with Crippen molar-refractivity contribution in [3.8, 4) is 0 Å². The number of hydrogen-bond acceptors (Lipinski definition) is 3. The van der Waals surface area contributed by atoms with Crippen molar-refractivity contribution in [2.45, 2.75) is 0 Å². The first-order valence-corrected chi connectivity index (χ1v) is 7.92. The number of carbonyl (C=O) groups excluding carboxylic acids is 2. The van der Waals surface area contributed by atoms with Gasteiger partial charge >= 0.3 is 0 Å². The summed E-state index contributed by atoms with van der Waals surface area (Å²) in [4.78, 5) is 25.3. The van der Waals surface area contributed by atoms with Crippen molar-refractivity contribution in [2.24, 2.45) is 5.10 Å². The highest BCUT2D eigenvalue weighted by atomic mass is 16.2. The van der Waals surface area contributed by atoms with Gasteiger partial charge in [0, 0.05) is 11.6 Å². The van der Waals surface area contributed by atoms with Crippen LogP contribution in [0.15, 0.2) is 77.9 Å². The lowest BCUT2D eigenvalue weighted by Crippen LogP contribution is -2.36. The second-order valence-electron chi connectivity index (χ2n) is 5.67. The molecule has 120 valence electrons. The molecule has 3 aromatic carbocycles. The quantitative estimate of drug-likeness (QED) is 0.536. The zero-order valence-corrected chi connectivity index (χ0v) is 13.3. The number of benzene rings is 3. The van der Waals surface area contributed by atoms with Gasteiger partial charge in [-0.1, -0.05) is 60.7 Å². The molecule has 0 saturated carbocycles. The van der Waals surface area contributed by atoms with Crippen LogP contribution < -0.4 is 0 Å². The molecule has 4 heteroatoms. The molecule has 0 aliphatic carbocycles. The van der Waals surface area contributed by atoms with Crippen molar-refractivity contribution in [1.29, 1.82) is 0 Å². The number of hydrazone groups is 1. The normalized spacial score (nSPS) is 14.2. The Morgan fingerprint density at radius 3 is 2.04 bits per heavy atom. The first-order chi connectivity index (χ1) is 12.3. The number of rotatable bonds is 3. The van der Waals surface area contributed by atoms with E-state index >= 15 is 0 Å². The molecule has 0 saturated heterocycles. The summed E-state index contributed by atoms with van der Waals surface area (Å²) >= 11 is 0. The molecule has 0 bridgehead atoms. The van der Waals surface area contributed by atoms with Crippen LogP contribution in [0.3, 0.4) is 0 Å². The monoisotopic (exact) mass is 326 g/mol. The molecular formula is C21H14N2O2. The summed E-state index contributed by atoms with van der Waals surface area (Å²) in [5.41, 5.74) is 2.01. The Kier molecular flexibility index (Phi) is 3.71. The van der Waals surface area contributed by atoms with Crippen LogP contribution in [0.2, 0.25) is 0 Å². The molecule has 1 heterocycles. The highest BCUT2D eigenvalue weighted by Crippen LogP contribution is 2.29. The van der Waals surface area contributed by atoms with Crippen LogP contribution >= 0.6 is 0 Å². The van der Waals surface area contributed by atoms with E-state index in [4.69, 9.17) is 0 Å². The summed E-state index contributed by atoms with van der Waals surface area (Å²) in [5.74, 6) is -0.808. The predicted octanol–water partition coefficient (Wildman–Crippen LogP) is 4.14. The molecule has 4 nitrogen and oxygen atoms in total. The van der Waals surface area contributed by atoms with E-state index in [0.717, 1.165) is 16.0 Å². The molecule has 25 heavy (non-hydrogen) atoms. The molecule has 0 fully saturated rings. The van der Waals surface area contributed by atoms with Crippen molar-refractivity contribution in [1.82, 2.24) is 5.01 Å². The number of allylic oxidation sites excluding steroid dienone is 1. The minimum atomic E-state index is -0.404. The largest absolute Gasteiger partial charge is 0.282 e. The lowest BCUT2D eigenvalue weighted by Gasteiger charge is -2.22. The van der Waals surface area contributed by atoms with E-state index in [1.807, 2.05) is 60.7 Å². The molecule has 0 radical (unpaired) electrons. The highest BCUT2D eigenvalue weighted by molar-refractivity contribution is 6.25. The van der Waals surface area contributed by atoms with Crippen LogP contribution in [-0.4, -0.2) is 23.0 Å². The van der Waals surface area contributed by atoms with Gasteiger partial charge in [0.25, 0.3) is 11.8 Å². The number of hydrogen-bond donors (Lipinski definition) is 0. The Bertz CT molecular complexity index is 985. The van der Waals surface area contributed by atoms with Gasteiger partial charge in [0.15, 0.2) is 0 Å². The van der Waals surface area contributed by atoms with Gasteiger partial charge in [0.05, 0.1) is 11.1 Å². The van der Waals surface area contributed by atoms with Crippen molar-refractivity contribution >= 4 is 34.9 Å². The summed E-state index contributed by atoms with van der Waals surface area (Å²) in [6, 6.07) is 20.6. The van der Waals surface area contributed by atoms with Gasteiger partial charge in [-0.25, -0.2) is 0 Å². The van der Waals surface area contributed by atoms with Gasteiger partial charge in [-0.3, -0.25) is 9.59 Å². The maximum atomic E-state index is 12.6. The zero-order valence-electron chi connectivity index (χ0n) is 13.3. The molecule has 0 N–H and O–H groups in total. The van der Waals surface area contributed by atoms with Crippen molar-refractivity contribution in [2.75, 3.05) is 0 Å². The predicted molar refractivity (Wildman–Crippen MR) is 98.4 cm³/mol. The van der Waals surface area contributed by atoms with Crippen LogP contribution in [0.25, 0.3) is 16.8 Å². The summed E-state index contributed by atoms with van der Waals surface area (Å²) in [7, 11) is 0. The van der Waals surface area contributed by atoms with Crippen LogP contribution in [0, 0.1) is 0 Å². The first-order valence-electron chi connectivity index (χ1n) is 7.92. The molecule has 0 aromatic heterocycles. The van der Waals surface area contributed by atoms with E-state index in [-0.39, 0.29) is 0 Å². The van der Waals surface area contributed by atoms with Crippen LogP contribution in [0.4, 0.5) is 0 Å². The van der Waals surface area contributed by atoms with Crippen LogP contribution in [0.5, 0.6) is 0 Å². The van der Waals surface area contributed by atoms with Gasteiger partial charge in [-0.05, 0) is 29.2 Å². The fraction of sp³-hybridized carbons (Fsp3) is 0. The van der Waals surface area contributed by atoms with Crippen molar-refractivity contribution < 1.29 is 9.59 Å². The summed E-state index contributed by atoms with van der Waals surface area (Å²) in [6.07, 6.45) is 5.02. The van der Waals surface area contributed by atoms with Crippen molar-refractivity contribution in [3.05, 3.63) is 89.5 Å². The van der Waals surface area contributed by atoms with Gasteiger partial charge in [-0.2, -0.15) is 10.1 Å². The van der Waals surface area contributed by atoms with E-state index in [1.54, 1.807) is 18.2 Å². The maximum Gasteiger partial charge on any atom is 0.282 e. The average Bonchev–Trinajstić information content (AvgIpc) is 2.66. The molecule has 3 aromatic rings. The molecule has 4 rings (SSSR count). The molecule has 1 aliphatic rings. The Hall–Kier alpha value is -3.53. The molecule has 0 atom stereocenters. The van der Waals surface area contributed by atoms with Gasteiger partial charge < -0.3 is 0 Å². The third-order valence-electron chi connectivity index (χ3n) is 4.11. The Labute approximate surface area is 144 Å². The molecule has 2 amide bonds. The molecular weight excluding hydrogens is 312 g/mol. The summed E-state index contributed by atoms with van der Waals surface area (Å²) in [6.45, 7) is 0. The minimum absolute atomic E-state index is 0.404. The number of amides is 2. The smallest absolute Gasteiger partial charge is 0.267 e. The van der Waals surface area contributed by atoms with Gasteiger partial charge in [-0.15, -0.1) is 0 Å². The molecule has 0 unspecified atom stereocenters. The van der Waals surface area contributed by atoms with E-state index < -0.39 is 11.8 Å². The first kappa shape index (κ1) is 15.0. The van der Waals surface area contributed by atoms with E-state index in [2.05, 4.69) is 5.10 Å². The third-order valence-corrected chi connectivity index (χ3v) is 4.11. The van der Waals surface area contributed by atoms with Gasteiger partial charge in [0.2, 0.25) is 0 Å². The van der Waals surface area contributed by atoms with E-state index in [1.165, 1.54) is 6.21 Å². The van der Waals surface area contributed by atoms with Crippen LogP contribution in [0.1, 0.15) is 26.3 Å². The lowest BCUT2D eigenvalue weighted by molar-refractivity contribution is 0.0616. The topological polar surface area (TPSA) is 49.7 Å². The van der Waals surface area contributed by atoms with E-state index in [0.29, 0.717) is 16.5 Å². The Morgan fingerprint density at radius 2 is 1.40 bits per heavy atom. The minimum Gasteiger partial charge on any atom is -0.267 e. The maximum absolute atomic E-state index is 12.6. The highest BCUT2D eigenvalue weighted by Gasteiger charge is 2.32. The number of nitrogens with zero attached hydrogens (tertiary/aromatic N) is 2. The third kappa shape index (κ3) is 2.64. The Balaban J connectivity index is 1.66. The fourth-order valence-corrected chi connectivity index (χ4v) is 2.95. The van der Waals surface area contributed by atoms with Crippen molar-refractivity contribution in [3.63, 3.8) is 0 Å². The summed E-state index contributed by atoms with van der Waals surface area (Å²) < 4.78 is 0. The second kappa shape index (κ2) is 6.17. The fourth-order valence-electron chi connectivity index (χ4n) is 2.95.